The van der Waals surface area contributed by atoms with Crippen LogP contribution in [0.3, 0.4) is 0 Å². The van der Waals surface area contributed by atoms with Crippen LogP contribution in [0.15, 0.2) is 72.8 Å². The average Bonchev–Trinajstić information content (AvgIpc) is 3.11. The Morgan fingerprint density at radius 2 is 1.48 bits per heavy atom. The Labute approximate surface area is 180 Å². The predicted octanol–water partition coefficient (Wildman–Crippen LogP) is 3.75. The molecule has 2 atom stereocenters. The van der Waals surface area contributed by atoms with Gasteiger partial charge in [0.15, 0.2) is 5.92 Å². The Balaban J connectivity index is 1.56. The molecule has 0 amide bonds. The van der Waals surface area contributed by atoms with E-state index in [0.29, 0.717) is 11.3 Å². The van der Waals surface area contributed by atoms with Crippen LogP contribution in [0.4, 0.5) is 0 Å². The molecule has 0 spiro atoms. The first-order chi connectivity index (χ1) is 15.0. The monoisotopic (exact) mass is 417 g/mol. The minimum absolute atomic E-state index is 0.0370. The van der Waals surface area contributed by atoms with E-state index in [2.05, 4.69) is 0 Å². The highest BCUT2D eigenvalue weighted by molar-refractivity contribution is 5.95. The van der Waals surface area contributed by atoms with E-state index in [4.69, 9.17) is 15.2 Å². The van der Waals surface area contributed by atoms with Gasteiger partial charge in [0.1, 0.15) is 12.4 Å². The van der Waals surface area contributed by atoms with Crippen molar-refractivity contribution in [2.75, 3.05) is 13.7 Å². The Morgan fingerprint density at radius 1 is 0.935 bits per heavy atom. The fourth-order valence-electron chi connectivity index (χ4n) is 4.22. The number of aliphatic carboxylic acids is 1. The topological polar surface area (TPSA) is 98.9 Å². The number of fused-ring (bicyclic) bond motifs is 3. The van der Waals surface area contributed by atoms with Crippen LogP contribution in [0.2, 0.25) is 0 Å². The molecule has 0 fully saturated rings. The first-order valence-electron chi connectivity index (χ1n) is 9.99. The normalized spacial score (nSPS) is 14.3. The van der Waals surface area contributed by atoms with Gasteiger partial charge in [-0.15, -0.1) is 0 Å². The number of hydrogen-bond acceptors (Lipinski definition) is 5. The molecule has 0 saturated carbocycles. The van der Waals surface area contributed by atoms with Gasteiger partial charge in [-0.1, -0.05) is 66.7 Å². The molecule has 1 unspecified atom stereocenters. The van der Waals surface area contributed by atoms with Gasteiger partial charge in [0.2, 0.25) is 0 Å². The molecule has 0 heterocycles. The molecule has 3 aromatic rings. The second-order valence-electron chi connectivity index (χ2n) is 7.44. The van der Waals surface area contributed by atoms with Crippen molar-refractivity contribution in [3.63, 3.8) is 0 Å². The molecule has 6 nitrogen and oxygen atoms in total. The van der Waals surface area contributed by atoms with Gasteiger partial charge in [0.25, 0.3) is 0 Å². The molecular weight excluding hydrogens is 394 g/mol. The summed E-state index contributed by atoms with van der Waals surface area (Å²) in [7, 11) is 1.47. The van der Waals surface area contributed by atoms with Crippen LogP contribution in [-0.4, -0.2) is 30.8 Å². The number of nitrogens with two attached hydrogens (primary N) is 1. The number of methoxy groups -OCH3 is 1. The number of rotatable bonds is 7. The smallest absolute Gasteiger partial charge is 0.322 e. The summed E-state index contributed by atoms with van der Waals surface area (Å²) in [5, 5.41) is 9.72. The van der Waals surface area contributed by atoms with E-state index < -0.39 is 23.9 Å². The van der Waals surface area contributed by atoms with E-state index in [9.17, 15) is 14.7 Å². The zero-order valence-corrected chi connectivity index (χ0v) is 17.0. The van der Waals surface area contributed by atoms with Gasteiger partial charge in [-0.3, -0.25) is 9.59 Å². The molecule has 0 saturated heterocycles. The number of carbonyl (C=O) groups is 2. The highest BCUT2D eigenvalue weighted by Gasteiger charge is 2.38. The lowest BCUT2D eigenvalue weighted by Crippen LogP contribution is -2.36. The summed E-state index contributed by atoms with van der Waals surface area (Å²) < 4.78 is 10.8. The number of esters is 1. The van der Waals surface area contributed by atoms with Crippen molar-refractivity contribution >= 4 is 11.9 Å². The summed E-state index contributed by atoms with van der Waals surface area (Å²) in [4.78, 5) is 24.8. The van der Waals surface area contributed by atoms with Crippen LogP contribution in [0, 0.1) is 5.92 Å². The summed E-state index contributed by atoms with van der Waals surface area (Å²) in [6, 6.07) is 21.6. The van der Waals surface area contributed by atoms with Crippen LogP contribution in [0.25, 0.3) is 11.1 Å². The number of carboxylic acid groups (broad SMARTS) is 1. The Bertz CT molecular complexity index is 1080. The van der Waals surface area contributed by atoms with Crippen molar-refractivity contribution in [2.24, 2.45) is 11.7 Å². The van der Waals surface area contributed by atoms with Crippen LogP contribution >= 0.6 is 0 Å². The number of carbonyl (C=O) groups excluding carboxylic acids is 1. The van der Waals surface area contributed by atoms with E-state index in [1.54, 1.807) is 24.3 Å². The zero-order valence-electron chi connectivity index (χ0n) is 17.0. The van der Waals surface area contributed by atoms with E-state index in [1.165, 1.54) is 7.11 Å². The number of hydrogen-bond donors (Lipinski definition) is 2. The van der Waals surface area contributed by atoms with Gasteiger partial charge in [-0.2, -0.15) is 0 Å². The Hall–Kier alpha value is -3.64. The molecule has 0 aliphatic heterocycles. The minimum Gasteiger partial charge on any atom is -0.496 e. The Morgan fingerprint density at radius 3 is 2.06 bits per heavy atom. The van der Waals surface area contributed by atoms with Gasteiger partial charge in [-0.25, -0.2) is 0 Å². The first-order valence-corrected chi connectivity index (χ1v) is 9.99. The van der Waals surface area contributed by atoms with Crippen molar-refractivity contribution in [1.82, 2.24) is 0 Å². The summed E-state index contributed by atoms with van der Waals surface area (Å²) in [6.07, 6.45) is 0. The summed E-state index contributed by atoms with van der Waals surface area (Å²) >= 11 is 0. The molecule has 1 aliphatic carbocycles. The highest BCUT2D eigenvalue weighted by Crippen LogP contribution is 2.44. The third-order valence-corrected chi connectivity index (χ3v) is 5.73. The van der Waals surface area contributed by atoms with Gasteiger partial charge >= 0.3 is 11.9 Å². The van der Waals surface area contributed by atoms with Crippen molar-refractivity contribution in [1.29, 1.82) is 0 Å². The molecule has 0 aromatic heterocycles. The van der Waals surface area contributed by atoms with Gasteiger partial charge in [-0.05, 0) is 28.3 Å². The van der Waals surface area contributed by atoms with Gasteiger partial charge in [0.05, 0.1) is 13.2 Å². The molecule has 0 radical (unpaired) electrons. The largest absolute Gasteiger partial charge is 0.496 e. The first kappa shape index (κ1) is 20.6. The third-order valence-electron chi connectivity index (χ3n) is 5.73. The average molecular weight is 417 g/mol. The third kappa shape index (κ3) is 3.78. The van der Waals surface area contributed by atoms with Gasteiger partial charge < -0.3 is 20.3 Å². The Kier molecular flexibility index (Phi) is 5.73. The standard InChI is InChI=1S/C25H23NO5/c1-30-21-13-7-6-12-19(21)23(26)22(24(27)28)25(29)31-14-20-17-10-4-2-8-15(17)16-9-3-5-11-18(16)20/h2-13,20,22-23H,14,26H2,1H3,(H,27,28)/t22-,23?/m1/s1. The van der Waals surface area contributed by atoms with Gasteiger partial charge in [0, 0.05) is 11.5 Å². The fourth-order valence-corrected chi connectivity index (χ4v) is 4.22. The molecule has 3 N–H and O–H groups in total. The van der Waals surface area contributed by atoms with Crippen LogP contribution < -0.4 is 10.5 Å². The van der Waals surface area contributed by atoms with E-state index in [1.807, 2.05) is 48.5 Å². The predicted molar refractivity (Wildman–Crippen MR) is 116 cm³/mol. The van der Waals surface area contributed by atoms with Crippen LogP contribution in [-0.2, 0) is 14.3 Å². The van der Waals surface area contributed by atoms with Crippen molar-refractivity contribution < 1.29 is 24.2 Å². The molecular formula is C25H23NO5. The zero-order chi connectivity index (χ0) is 22.0. The molecule has 158 valence electrons. The molecule has 3 aromatic carbocycles. The highest BCUT2D eigenvalue weighted by atomic mass is 16.5. The van der Waals surface area contributed by atoms with E-state index >= 15 is 0 Å². The summed E-state index contributed by atoms with van der Waals surface area (Å²) in [6.45, 7) is 0.0370. The molecule has 4 rings (SSSR count). The maximum atomic E-state index is 12.9. The van der Waals surface area contributed by atoms with Crippen molar-refractivity contribution in [3.8, 4) is 16.9 Å². The van der Waals surface area contributed by atoms with Crippen LogP contribution in [0.5, 0.6) is 5.75 Å². The molecule has 0 bridgehead atoms. The summed E-state index contributed by atoms with van der Waals surface area (Å²) in [5.41, 5.74) is 10.9. The number of benzene rings is 3. The maximum Gasteiger partial charge on any atom is 0.322 e. The molecule has 6 heteroatoms. The second-order valence-corrected chi connectivity index (χ2v) is 7.44. The fraction of sp³-hybridized carbons (Fsp3) is 0.200. The number of ether oxygens (including phenoxy) is 2. The number of carboxylic acids is 1. The summed E-state index contributed by atoms with van der Waals surface area (Å²) in [5.74, 6) is -3.49. The molecule has 1 aliphatic rings. The SMILES string of the molecule is COc1ccccc1C(N)[C@H](C(=O)O)C(=O)OCC1c2ccccc2-c2ccccc21. The lowest BCUT2D eigenvalue weighted by molar-refractivity contribution is -0.160. The number of para-hydroxylation sites is 1. The lowest BCUT2D eigenvalue weighted by Gasteiger charge is -2.22. The lowest BCUT2D eigenvalue weighted by atomic mass is 9.93. The minimum atomic E-state index is -1.55. The maximum absolute atomic E-state index is 12.9. The van der Waals surface area contributed by atoms with Crippen molar-refractivity contribution in [2.45, 2.75) is 12.0 Å². The molecule has 31 heavy (non-hydrogen) atoms. The van der Waals surface area contributed by atoms with E-state index in [0.717, 1.165) is 22.3 Å². The van der Waals surface area contributed by atoms with E-state index in [-0.39, 0.29) is 12.5 Å². The van der Waals surface area contributed by atoms with Crippen molar-refractivity contribution in [3.05, 3.63) is 89.5 Å². The van der Waals surface area contributed by atoms with Crippen LogP contribution in [0.1, 0.15) is 28.7 Å². The quantitative estimate of drug-likeness (QED) is 0.449. The second kappa shape index (κ2) is 8.62.